The number of rotatable bonds is 5. The minimum Gasteiger partial charge on any atom is -0.490 e. The Labute approximate surface area is 165 Å². The highest BCUT2D eigenvalue weighted by Crippen LogP contribution is 2.42. The van der Waals surface area contributed by atoms with Crippen molar-refractivity contribution in [2.24, 2.45) is 0 Å². The number of hydrogen-bond acceptors (Lipinski definition) is 4. The van der Waals surface area contributed by atoms with Gasteiger partial charge in [-0.1, -0.05) is 23.7 Å². The van der Waals surface area contributed by atoms with Gasteiger partial charge in [0, 0.05) is 23.8 Å². The monoisotopic (exact) mass is 388 g/mol. The average molecular weight is 389 g/mol. The van der Waals surface area contributed by atoms with Crippen LogP contribution in [0, 0.1) is 0 Å². The molecule has 5 nitrogen and oxygen atoms in total. The van der Waals surface area contributed by atoms with Crippen LogP contribution in [0.5, 0.6) is 5.75 Å². The van der Waals surface area contributed by atoms with Gasteiger partial charge in [0.2, 0.25) is 0 Å². The van der Waals surface area contributed by atoms with Crippen LogP contribution in [0.3, 0.4) is 0 Å². The van der Waals surface area contributed by atoms with Gasteiger partial charge in [-0.25, -0.2) is 4.79 Å². The molecule has 0 atom stereocenters. The third-order valence-corrected chi connectivity index (χ3v) is 4.82. The zero-order chi connectivity index (χ0) is 19.7. The Morgan fingerprint density at radius 2 is 1.96 bits per heavy atom. The van der Waals surface area contributed by atoms with Crippen LogP contribution in [-0.2, 0) is 4.74 Å². The first kappa shape index (κ1) is 19.5. The summed E-state index contributed by atoms with van der Waals surface area (Å²) in [5.41, 5.74) is 1.08. The van der Waals surface area contributed by atoms with E-state index in [4.69, 9.17) is 21.1 Å². The van der Waals surface area contributed by atoms with Crippen molar-refractivity contribution < 1.29 is 14.3 Å². The number of likely N-dealkylation sites (N-methyl/N-ethyl adjacent to an activating group) is 1. The number of ether oxygens (including phenoxy) is 2. The number of benzene rings is 1. The lowest BCUT2D eigenvalue weighted by Gasteiger charge is -2.30. The van der Waals surface area contributed by atoms with Gasteiger partial charge in [0.1, 0.15) is 18.0 Å². The third kappa shape index (κ3) is 4.92. The summed E-state index contributed by atoms with van der Waals surface area (Å²) in [6.45, 7) is 5.99. The minimum absolute atomic E-state index is 0.311. The fourth-order valence-corrected chi connectivity index (χ4v) is 2.98. The standard InChI is InChI=1S/C21H25ClN2O3/c1-20(2,3)27-19(25)24(4)21(8-9-21)14-26-18-11-16(12-23-13-18)15-6-5-7-17(22)10-15/h5-7,10-13H,8-9,14H2,1-4H3. The van der Waals surface area contributed by atoms with Crippen molar-refractivity contribution in [2.45, 2.75) is 44.8 Å². The maximum atomic E-state index is 12.4. The highest BCUT2D eigenvalue weighted by molar-refractivity contribution is 6.30. The molecule has 1 fully saturated rings. The number of carbonyl (C=O) groups is 1. The zero-order valence-electron chi connectivity index (χ0n) is 16.2. The number of aromatic nitrogens is 1. The fourth-order valence-electron chi connectivity index (χ4n) is 2.79. The maximum Gasteiger partial charge on any atom is 0.410 e. The van der Waals surface area contributed by atoms with Crippen LogP contribution in [0.2, 0.25) is 5.02 Å². The Kier molecular flexibility index (Phi) is 5.33. The highest BCUT2D eigenvalue weighted by Gasteiger charge is 2.50. The second-order valence-electron chi connectivity index (χ2n) is 7.97. The van der Waals surface area contributed by atoms with Crippen LogP contribution < -0.4 is 4.74 Å². The molecule has 1 aliphatic rings. The number of pyridine rings is 1. The summed E-state index contributed by atoms with van der Waals surface area (Å²) in [4.78, 5) is 18.3. The van der Waals surface area contributed by atoms with E-state index in [1.807, 2.05) is 51.1 Å². The van der Waals surface area contributed by atoms with Crippen molar-refractivity contribution in [3.63, 3.8) is 0 Å². The lowest BCUT2D eigenvalue weighted by Crippen LogP contribution is -2.45. The lowest BCUT2D eigenvalue weighted by molar-refractivity contribution is 0.0139. The molecule has 0 radical (unpaired) electrons. The number of hydrogen-bond donors (Lipinski definition) is 0. The Bertz CT molecular complexity index is 828. The van der Waals surface area contributed by atoms with E-state index in [0.717, 1.165) is 24.0 Å². The molecule has 0 N–H and O–H groups in total. The van der Waals surface area contributed by atoms with Crippen LogP contribution in [0.1, 0.15) is 33.6 Å². The smallest absolute Gasteiger partial charge is 0.410 e. The van der Waals surface area contributed by atoms with Crippen molar-refractivity contribution in [1.29, 1.82) is 0 Å². The van der Waals surface area contributed by atoms with E-state index in [1.54, 1.807) is 24.3 Å². The molecule has 0 saturated heterocycles. The van der Waals surface area contributed by atoms with Crippen molar-refractivity contribution in [3.8, 4) is 16.9 Å². The first-order chi connectivity index (χ1) is 12.7. The van der Waals surface area contributed by atoms with E-state index in [9.17, 15) is 4.79 Å². The summed E-state index contributed by atoms with van der Waals surface area (Å²) >= 11 is 6.07. The quantitative estimate of drug-likeness (QED) is 0.708. The van der Waals surface area contributed by atoms with Gasteiger partial charge in [0.15, 0.2) is 0 Å². The number of carbonyl (C=O) groups excluding carboxylic acids is 1. The van der Waals surface area contributed by atoms with Crippen molar-refractivity contribution >= 4 is 17.7 Å². The van der Waals surface area contributed by atoms with Crippen LogP contribution in [0.4, 0.5) is 4.79 Å². The van der Waals surface area contributed by atoms with Crippen LogP contribution in [-0.4, -0.2) is 40.8 Å². The molecule has 1 aromatic carbocycles. The summed E-state index contributed by atoms with van der Waals surface area (Å²) in [5, 5.41) is 0.676. The van der Waals surface area contributed by atoms with Crippen molar-refractivity contribution in [2.75, 3.05) is 13.7 Å². The van der Waals surface area contributed by atoms with E-state index in [1.165, 1.54) is 0 Å². The van der Waals surface area contributed by atoms with Gasteiger partial charge in [-0.05, 0) is 57.4 Å². The molecule has 0 spiro atoms. The summed E-state index contributed by atoms with van der Waals surface area (Å²) in [7, 11) is 1.77. The first-order valence-corrected chi connectivity index (χ1v) is 9.37. The van der Waals surface area contributed by atoms with Crippen LogP contribution in [0.15, 0.2) is 42.7 Å². The molecule has 1 heterocycles. The predicted octanol–water partition coefficient (Wildman–Crippen LogP) is 5.18. The molecule has 0 aliphatic heterocycles. The minimum atomic E-state index is -0.516. The maximum absolute atomic E-state index is 12.4. The molecular formula is C21H25ClN2O3. The highest BCUT2D eigenvalue weighted by atomic mass is 35.5. The fraction of sp³-hybridized carbons (Fsp3) is 0.429. The van der Waals surface area contributed by atoms with Crippen LogP contribution >= 0.6 is 11.6 Å². The van der Waals surface area contributed by atoms with E-state index < -0.39 is 5.60 Å². The topological polar surface area (TPSA) is 51.7 Å². The number of amides is 1. The molecule has 1 aliphatic carbocycles. The van der Waals surface area contributed by atoms with Gasteiger partial charge >= 0.3 is 6.09 Å². The van der Waals surface area contributed by atoms with E-state index in [2.05, 4.69) is 4.98 Å². The summed E-state index contributed by atoms with van der Waals surface area (Å²) in [5.74, 6) is 0.663. The van der Waals surface area contributed by atoms with E-state index >= 15 is 0 Å². The normalized spacial score (nSPS) is 15.1. The second-order valence-corrected chi connectivity index (χ2v) is 8.41. The largest absolute Gasteiger partial charge is 0.490 e. The van der Waals surface area contributed by atoms with Gasteiger partial charge in [0.25, 0.3) is 0 Å². The Morgan fingerprint density at radius 3 is 2.59 bits per heavy atom. The Hall–Kier alpha value is -2.27. The average Bonchev–Trinajstić information content (AvgIpc) is 3.39. The SMILES string of the molecule is CN(C(=O)OC(C)(C)C)C1(COc2cncc(-c3cccc(Cl)c3)c2)CC1. The predicted molar refractivity (Wildman–Crippen MR) is 106 cm³/mol. The molecular weight excluding hydrogens is 364 g/mol. The number of halogens is 1. The van der Waals surface area contributed by atoms with E-state index in [0.29, 0.717) is 17.4 Å². The molecule has 3 rings (SSSR count). The molecule has 2 aromatic rings. The van der Waals surface area contributed by atoms with Crippen molar-refractivity contribution in [3.05, 3.63) is 47.7 Å². The van der Waals surface area contributed by atoms with Gasteiger partial charge in [-0.3, -0.25) is 4.98 Å². The molecule has 1 aromatic heterocycles. The summed E-state index contributed by atoms with van der Waals surface area (Å²) in [6.07, 6.45) is 4.92. The molecule has 1 amide bonds. The van der Waals surface area contributed by atoms with Crippen LogP contribution in [0.25, 0.3) is 11.1 Å². The Morgan fingerprint density at radius 1 is 1.22 bits per heavy atom. The molecule has 1 saturated carbocycles. The molecule has 0 bridgehead atoms. The summed E-state index contributed by atoms with van der Waals surface area (Å²) in [6, 6.07) is 9.54. The molecule has 144 valence electrons. The first-order valence-electron chi connectivity index (χ1n) is 8.99. The second kappa shape index (κ2) is 7.39. The van der Waals surface area contributed by atoms with Gasteiger partial charge in [-0.2, -0.15) is 0 Å². The third-order valence-electron chi connectivity index (χ3n) is 4.58. The zero-order valence-corrected chi connectivity index (χ0v) is 16.9. The van der Waals surface area contributed by atoms with Gasteiger partial charge in [0.05, 0.1) is 11.7 Å². The molecule has 0 unspecified atom stereocenters. The number of nitrogens with zero attached hydrogens (tertiary/aromatic N) is 2. The van der Waals surface area contributed by atoms with Crippen molar-refractivity contribution in [1.82, 2.24) is 9.88 Å². The molecule has 6 heteroatoms. The molecule has 27 heavy (non-hydrogen) atoms. The van der Waals surface area contributed by atoms with E-state index in [-0.39, 0.29) is 11.6 Å². The lowest BCUT2D eigenvalue weighted by atomic mass is 10.1. The Balaban J connectivity index is 1.66. The summed E-state index contributed by atoms with van der Waals surface area (Å²) < 4.78 is 11.5. The van der Waals surface area contributed by atoms with Gasteiger partial charge < -0.3 is 14.4 Å². The van der Waals surface area contributed by atoms with Gasteiger partial charge in [-0.15, -0.1) is 0 Å².